The monoisotopic (exact) mass is 400 g/mol. The van der Waals surface area contributed by atoms with Crippen LogP contribution >= 0.6 is 12.2 Å². The molecule has 5 heteroatoms. The van der Waals surface area contributed by atoms with Crippen LogP contribution in [0.4, 0.5) is 0 Å². The maximum atomic E-state index is 9.79. The molecule has 3 N–H and O–H groups in total. The number of benzene rings is 2. The molecule has 1 aliphatic heterocycles. The molecule has 0 amide bonds. The standard InChI is InChI=1S/C21H26N2O2S.C2H6/c1-14(2)16-7-5-15(6-8-16)12-22-21(26)23-9-3-4-17-10-19(24)20(25)11-18(17)13-23;1-2/h5-8,10-11,14,24-25H,3-4,9,12-13H2,1-2H3,(H,22,26);1-2H3. The van der Waals surface area contributed by atoms with Gasteiger partial charge in [0.25, 0.3) is 0 Å². The summed E-state index contributed by atoms with van der Waals surface area (Å²) in [4.78, 5) is 2.13. The van der Waals surface area contributed by atoms with Crippen LogP contribution in [0.2, 0.25) is 0 Å². The number of rotatable bonds is 3. The lowest BCUT2D eigenvalue weighted by Gasteiger charge is -2.24. The molecule has 0 saturated carbocycles. The molecule has 0 bridgehead atoms. The van der Waals surface area contributed by atoms with Gasteiger partial charge in [0.15, 0.2) is 16.6 Å². The molecule has 0 saturated heterocycles. The Morgan fingerprint density at radius 3 is 2.29 bits per heavy atom. The third kappa shape index (κ3) is 5.61. The summed E-state index contributed by atoms with van der Waals surface area (Å²) in [6.45, 7) is 10.6. The summed E-state index contributed by atoms with van der Waals surface area (Å²) in [5, 5.41) is 23.6. The highest BCUT2D eigenvalue weighted by Crippen LogP contribution is 2.31. The Morgan fingerprint density at radius 1 is 1.07 bits per heavy atom. The third-order valence-corrected chi connectivity index (χ3v) is 5.31. The number of aryl methyl sites for hydroxylation is 1. The van der Waals surface area contributed by atoms with Gasteiger partial charge in [-0.3, -0.25) is 0 Å². The van der Waals surface area contributed by atoms with Crippen molar-refractivity contribution in [2.24, 2.45) is 0 Å². The smallest absolute Gasteiger partial charge is 0.169 e. The van der Waals surface area contributed by atoms with Gasteiger partial charge in [0, 0.05) is 19.6 Å². The molecule has 1 aliphatic rings. The molecule has 0 unspecified atom stereocenters. The lowest BCUT2D eigenvalue weighted by atomic mass is 10.0. The lowest BCUT2D eigenvalue weighted by molar-refractivity contribution is 0.397. The van der Waals surface area contributed by atoms with Gasteiger partial charge >= 0.3 is 0 Å². The Balaban J connectivity index is 0.00000136. The minimum absolute atomic E-state index is 0.0530. The maximum Gasteiger partial charge on any atom is 0.169 e. The topological polar surface area (TPSA) is 55.7 Å². The Bertz CT molecular complexity index is 788. The highest BCUT2D eigenvalue weighted by molar-refractivity contribution is 7.80. The first-order valence-corrected chi connectivity index (χ1v) is 10.5. The van der Waals surface area contributed by atoms with Crippen molar-refractivity contribution >= 4 is 17.3 Å². The molecular weight excluding hydrogens is 368 g/mol. The van der Waals surface area contributed by atoms with E-state index in [1.807, 2.05) is 13.8 Å². The molecule has 4 nitrogen and oxygen atoms in total. The summed E-state index contributed by atoms with van der Waals surface area (Å²) in [5.74, 6) is 0.406. The van der Waals surface area contributed by atoms with Gasteiger partial charge in [0.1, 0.15) is 0 Å². The van der Waals surface area contributed by atoms with Crippen LogP contribution in [0.3, 0.4) is 0 Å². The number of nitrogens with zero attached hydrogens (tertiary/aromatic N) is 1. The molecule has 0 radical (unpaired) electrons. The van der Waals surface area contributed by atoms with Crippen LogP contribution in [0.25, 0.3) is 0 Å². The number of thiocarbonyl (C=S) groups is 1. The molecule has 0 aromatic heterocycles. The van der Waals surface area contributed by atoms with E-state index in [4.69, 9.17) is 12.2 Å². The second-order valence-electron chi connectivity index (χ2n) is 7.19. The van der Waals surface area contributed by atoms with Gasteiger partial charge in [-0.15, -0.1) is 0 Å². The quantitative estimate of drug-likeness (QED) is 0.496. The van der Waals surface area contributed by atoms with Crippen molar-refractivity contribution in [3.63, 3.8) is 0 Å². The van der Waals surface area contributed by atoms with Gasteiger partial charge in [-0.05, 0) is 65.4 Å². The van der Waals surface area contributed by atoms with Gasteiger partial charge in [-0.2, -0.15) is 0 Å². The second kappa shape index (κ2) is 10.3. The molecule has 152 valence electrons. The van der Waals surface area contributed by atoms with Crippen molar-refractivity contribution < 1.29 is 10.2 Å². The predicted molar refractivity (Wildman–Crippen MR) is 120 cm³/mol. The first-order chi connectivity index (χ1) is 13.4. The number of aromatic hydroxyl groups is 2. The van der Waals surface area contributed by atoms with Gasteiger partial charge in [-0.1, -0.05) is 52.0 Å². The van der Waals surface area contributed by atoms with Crippen LogP contribution in [-0.2, 0) is 19.5 Å². The van der Waals surface area contributed by atoms with Crippen molar-refractivity contribution in [3.8, 4) is 11.5 Å². The zero-order chi connectivity index (χ0) is 20.7. The lowest BCUT2D eigenvalue weighted by Crippen LogP contribution is -2.39. The van der Waals surface area contributed by atoms with E-state index in [1.165, 1.54) is 11.1 Å². The van der Waals surface area contributed by atoms with Crippen molar-refractivity contribution in [1.29, 1.82) is 0 Å². The molecular formula is C23H32N2O2S. The van der Waals surface area contributed by atoms with Crippen LogP contribution in [0.5, 0.6) is 11.5 Å². The Labute approximate surface area is 174 Å². The normalized spacial score (nSPS) is 13.2. The van der Waals surface area contributed by atoms with E-state index < -0.39 is 0 Å². The largest absolute Gasteiger partial charge is 0.504 e. The van der Waals surface area contributed by atoms with Crippen LogP contribution < -0.4 is 5.32 Å². The van der Waals surface area contributed by atoms with E-state index in [9.17, 15) is 10.2 Å². The third-order valence-electron chi connectivity index (χ3n) is 4.91. The van der Waals surface area contributed by atoms with Crippen molar-refractivity contribution in [1.82, 2.24) is 10.2 Å². The molecule has 0 fully saturated rings. The first kappa shape index (κ1) is 22.0. The summed E-state index contributed by atoms with van der Waals surface area (Å²) in [6.07, 6.45) is 1.83. The van der Waals surface area contributed by atoms with Crippen molar-refractivity contribution in [2.75, 3.05) is 6.54 Å². The average Bonchev–Trinajstić information content (AvgIpc) is 2.90. The van der Waals surface area contributed by atoms with E-state index in [2.05, 4.69) is 48.3 Å². The van der Waals surface area contributed by atoms with Gasteiger partial charge in [0.2, 0.25) is 0 Å². The molecule has 0 spiro atoms. The van der Waals surface area contributed by atoms with E-state index >= 15 is 0 Å². The fraction of sp³-hybridized carbons (Fsp3) is 0.435. The van der Waals surface area contributed by atoms with Gasteiger partial charge in [-0.25, -0.2) is 0 Å². The number of phenols is 2. The number of nitrogens with one attached hydrogen (secondary N) is 1. The highest BCUT2D eigenvalue weighted by Gasteiger charge is 2.18. The Kier molecular flexibility index (Phi) is 8.12. The van der Waals surface area contributed by atoms with Gasteiger partial charge in [0.05, 0.1) is 0 Å². The minimum atomic E-state index is -0.0743. The van der Waals surface area contributed by atoms with Gasteiger partial charge < -0.3 is 20.4 Å². The molecule has 0 atom stereocenters. The molecule has 1 heterocycles. The minimum Gasteiger partial charge on any atom is -0.504 e. The molecule has 2 aromatic carbocycles. The zero-order valence-corrected chi connectivity index (χ0v) is 18.1. The summed E-state index contributed by atoms with van der Waals surface area (Å²) in [6, 6.07) is 11.9. The van der Waals surface area contributed by atoms with E-state index in [0.29, 0.717) is 19.0 Å². The van der Waals surface area contributed by atoms with Crippen molar-refractivity contribution in [2.45, 2.75) is 59.5 Å². The molecule has 0 aliphatic carbocycles. The fourth-order valence-corrected chi connectivity index (χ4v) is 3.50. The van der Waals surface area contributed by atoms with E-state index in [-0.39, 0.29) is 11.5 Å². The number of hydrogen-bond acceptors (Lipinski definition) is 3. The fourth-order valence-electron chi connectivity index (χ4n) is 3.27. The molecule has 2 aromatic rings. The second-order valence-corrected chi connectivity index (χ2v) is 7.58. The first-order valence-electron chi connectivity index (χ1n) is 10.1. The Hall–Kier alpha value is -2.27. The zero-order valence-electron chi connectivity index (χ0n) is 17.3. The van der Waals surface area contributed by atoms with Crippen LogP contribution in [0.1, 0.15) is 62.3 Å². The average molecular weight is 401 g/mol. The van der Waals surface area contributed by atoms with Crippen LogP contribution in [-0.4, -0.2) is 26.8 Å². The number of phenolic OH excluding ortho intramolecular Hbond substituents is 2. The van der Waals surface area contributed by atoms with Crippen LogP contribution in [0.15, 0.2) is 36.4 Å². The SMILES string of the molecule is CC.CC(C)c1ccc(CNC(=S)N2CCCc3cc(O)c(O)cc3C2)cc1. The Morgan fingerprint density at radius 2 is 1.68 bits per heavy atom. The predicted octanol–water partition coefficient (Wildman–Crippen LogP) is 5.07. The number of fused-ring (bicyclic) bond motifs is 1. The molecule has 28 heavy (non-hydrogen) atoms. The highest BCUT2D eigenvalue weighted by atomic mass is 32.1. The summed E-state index contributed by atoms with van der Waals surface area (Å²) >= 11 is 5.59. The summed E-state index contributed by atoms with van der Waals surface area (Å²) in [7, 11) is 0. The van der Waals surface area contributed by atoms with E-state index in [1.54, 1.807) is 12.1 Å². The summed E-state index contributed by atoms with van der Waals surface area (Å²) < 4.78 is 0. The van der Waals surface area contributed by atoms with Crippen molar-refractivity contribution in [3.05, 3.63) is 58.7 Å². The van der Waals surface area contributed by atoms with E-state index in [0.717, 1.165) is 35.6 Å². The maximum absolute atomic E-state index is 9.79. The summed E-state index contributed by atoms with van der Waals surface area (Å²) in [5.41, 5.74) is 4.64. The number of hydrogen-bond donors (Lipinski definition) is 3. The van der Waals surface area contributed by atoms with Crippen LogP contribution in [0, 0.1) is 0 Å². The molecule has 3 rings (SSSR count).